The van der Waals surface area contributed by atoms with Crippen LogP contribution in [0, 0.1) is 0 Å². The maximum Gasteiger partial charge on any atom is 0.191 e. The summed E-state index contributed by atoms with van der Waals surface area (Å²) in [6.45, 7) is 15.5. The zero-order valence-corrected chi connectivity index (χ0v) is 18.8. The van der Waals surface area contributed by atoms with Crippen molar-refractivity contribution in [1.82, 2.24) is 20.4 Å². The number of nitrogens with zero attached hydrogens (tertiary/aromatic N) is 3. The van der Waals surface area contributed by atoms with Crippen molar-refractivity contribution in [3.63, 3.8) is 0 Å². The van der Waals surface area contributed by atoms with Gasteiger partial charge in [-0.05, 0) is 46.4 Å². The first-order valence-electron chi connectivity index (χ1n) is 9.09. The predicted octanol–water partition coefficient (Wildman–Crippen LogP) is 1.86. The fourth-order valence-corrected chi connectivity index (χ4v) is 2.32. The Labute approximate surface area is 166 Å². The maximum atomic E-state index is 5.08. The first-order chi connectivity index (χ1) is 11.2. The number of aliphatic imine (C=N–C) groups is 1. The SMILES string of the molecule is CCNC(=NCCCN(CC)CC)NCCN(C)CCCOC.I. The first kappa shape index (κ1) is 26.1. The van der Waals surface area contributed by atoms with E-state index in [1.165, 1.54) is 0 Å². The minimum absolute atomic E-state index is 0. The number of halogens is 1. The highest BCUT2D eigenvalue weighted by Gasteiger charge is 2.01. The number of guanidine groups is 1. The van der Waals surface area contributed by atoms with E-state index in [4.69, 9.17) is 4.74 Å². The van der Waals surface area contributed by atoms with Gasteiger partial charge in [0, 0.05) is 46.4 Å². The van der Waals surface area contributed by atoms with Crippen LogP contribution in [0.2, 0.25) is 0 Å². The van der Waals surface area contributed by atoms with Crippen LogP contribution < -0.4 is 10.6 Å². The number of likely N-dealkylation sites (N-methyl/N-ethyl adjacent to an activating group) is 1. The smallest absolute Gasteiger partial charge is 0.191 e. The summed E-state index contributed by atoms with van der Waals surface area (Å²) in [6, 6.07) is 0. The summed E-state index contributed by atoms with van der Waals surface area (Å²) >= 11 is 0. The van der Waals surface area contributed by atoms with Crippen molar-refractivity contribution in [2.45, 2.75) is 33.6 Å². The van der Waals surface area contributed by atoms with Gasteiger partial charge in [0.05, 0.1) is 0 Å². The van der Waals surface area contributed by atoms with Gasteiger partial charge < -0.3 is 25.2 Å². The summed E-state index contributed by atoms with van der Waals surface area (Å²) in [6.07, 6.45) is 2.18. The molecule has 0 saturated heterocycles. The maximum absolute atomic E-state index is 5.08. The van der Waals surface area contributed by atoms with Gasteiger partial charge in [0.1, 0.15) is 0 Å². The third kappa shape index (κ3) is 15.4. The number of rotatable bonds is 14. The Morgan fingerprint density at radius 3 is 2.29 bits per heavy atom. The van der Waals surface area contributed by atoms with Crippen molar-refractivity contribution in [3.05, 3.63) is 0 Å². The molecule has 0 atom stereocenters. The van der Waals surface area contributed by atoms with Crippen molar-refractivity contribution >= 4 is 29.9 Å². The molecular formula is C17H40IN5O. The summed E-state index contributed by atoms with van der Waals surface area (Å²) < 4.78 is 5.08. The van der Waals surface area contributed by atoms with E-state index in [1.807, 2.05) is 0 Å². The second-order valence-electron chi connectivity index (χ2n) is 5.72. The molecule has 7 heteroatoms. The molecule has 0 unspecified atom stereocenters. The number of methoxy groups -OCH3 is 1. The van der Waals surface area contributed by atoms with Crippen LogP contribution in [-0.4, -0.2) is 88.9 Å². The lowest BCUT2D eigenvalue weighted by molar-refractivity contribution is 0.180. The molecule has 0 aromatic heterocycles. The largest absolute Gasteiger partial charge is 0.385 e. The summed E-state index contributed by atoms with van der Waals surface area (Å²) in [5.74, 6) is 0.928. The molecule has 0 aromatic rings. The van der Waals surface area contributed by atoms with Gasteiger partial charge in [-0.15, -0.1) is 24.0 Å². The third-order valence-corrected chi connectivity index (χ3v) is 3.82. The van der Waals surface area contributed by atoms with E-state index in [0.717, 1.165) is 77.8 Å². The Balaban J connectivity index is 0. The van der Waals surface area contributed by atoms with Crippen molar-refractivity contribution in [3.8, 4) is 0 Å². The van der Waals surface area contributed by atoms with Crippen molar-refractivity contribution in [2.24, 2.45) is 4.99 Å². The van der Waals surface area contributed by atoms with Crippen LogP contribution in [0.3, 0.4) is 0 Å². The second kappa shape index (κ2) is 19.2. The molecule has 0 rings (SSSR count). The van der Waals surface area contributed by atoms with E-state index in [9.17, 15) is 0 Å². The molecule has 0 saturated carbocycles. The van der Waals surface area contributed by atoms with Crippen molar-refractivity contribution < 1.29 is 4.74 Å². The van der Waals surface area contributed by atoms with E-state index in [0.29, 0.717) is 0 Å². The Morgan fingerprint density at radius 1 is 1.00 bits per heavy atom. The van der Waals surface area contributed by atoms with Crippen molar-refractivity contribution in [2.75, 3.05) is 73.1 Å². The van der Waals surface area contributed by atoms with Crippen LogP contribution in [0.1, 0.15) is 33.6 Å². The molecule has 0 radical (unpaired) electrons. The fraction of sp³-hybridized carbons (Fsp3) is 0.941. The quantitative estimate of drug-likeness (QED) is 0.181. The van der Waals surface area contributed by atoms with Gasteiger partial charge in [0.15, 0.2) is 5.96 Å². The monoisotopic (exact) mass is 457 g/mol. The molecular weight excluding hydrogens is 417 g/mol. The number of hydrogen-bond donors (Lipinski definition) is 2. The Hall–Kier alpha value is -0.120. The molecule has 6 nitrogen and oxygen atoms in total. The van der Waals surface area contributed by atoms with Gasteiger partial charge in [-0.1, -0.05) is 13.8 Å². The third-order valence-electron chi connectivity index (χ3n) is 3.82. The molecule has 0 fully saturated rings. The Kier molecular flexibility index (Phi) is 20.9. The van der Waals surface area contributed by atoms with E-state index in [1.54, 1.807) is 7.11 Å². The molecule has 24 heavy (non-hydrogen) atoms. The minimum Gasteiger partial charge on any atom is -0.385 e. The summed E-state index contributed by atoms with van der Waals surface area (Å²) in [5, 5.41) is 6.72. The lowest BCUT2D eigenvalue weighted by Crippen LogP contribution is -2.41. The summed E-state index contributed by atoms with van der Waals surface area (Å²) in [4.78, 5) is 9.41. The van der Waals surface area contributed by atoms with Crippen molar-refractivity contribution in [1.29, 1.82) is 0 Å². The molecule has 146 valence electrons. The van der Waals surface area contributed by atoms with E-state index >= 15 is 0 Å². The van der Waals surface area contributed by atoms with Crippen LogP contribution in [-0.2, 0) is 4.74 Å². The molecule has 0 aliphatic heterocycles. The highest BCUT2D eigenvalue weighted by Crippen LogP contribution is 1.91. The normalized spacial score (nSPS) is 11.7. The highest BCUT2D eigenvalue weighted by atomic mass is 127. The number of hydrogen-bond acceptors (Lipinski definition) is 4. The average Bonchev–Trinajstić information content (AvgIpc) is 2.55. The van der Waals surface area contributed by atoms with Crippen LogP contribution in [0.4, 0.5) is 0 Å². The lowest BCUT2D eigenvalue weighted by atomic mass is 10.4. The number of ether oxygens (including phenoxy) is 1. The van der Waals surface area contributed by atoms with Gasteiger partial charge in [-0.2, -0.15) is 0 Å². The standard InChI is InChI=1S/C17H39N5O.HI/c1-6-18-17(19-11-9-14-22(7-2)8-3)20-12-15-21(4)13-10-16-23-5;/h6-16H2,1-5H3,(H2,18,19,20);1H. The van der Waals surface area contributed by atoms with Gasteiger partial charge >= 0.3 is 0 Å². The van der Waals surface area contributed by atoms with Crippen LogP contribution in [0.25, 0.3) is 0 Å². The van der Waals surface area contributed by atoms with Gasteiger partial charge in [0.2, 0.25) is 0 Å². The minimum atomic E-state index is 0. The zero-order chi connectivity index (χ0) is 17.3. The van der Waals surface area contributed by atoms with Crippen LogP contribution in [0.15, 0.2) is 4.99 Å². The lowest BCUT2D eigenvalue weighted by Gasteiger charge is -2.18. The molecule has 0 aliphatic carbocycles. The topological polar surface area (TPSA) is 52.1 Å². The van der Waals surface area contributed by atoms with E-state index < -0.39 is 0 Å². The average molecular weight is 457 g/mol. The van der Waals surface area contributed by atoms with Crippen LogP contribution >= 0.6 is 24.0 Å². The number of nitrogens with one attached hydrogen (secondary N) is 2. The Morgan fingerprint density at radius 2 is 1.71 bits per heavy atom. The molecule has 0 heterocycles. The zero-order valence-electron chi connectivity index (χ0n) is 16.4. The summed E-state index contributed by atoms with van der Waals surface area (Å²) in [5.41, 5.74) is 0. The highest BCUT2D eigenvalue weighted by molar-refractivity contribution is 14.0. The molecule has 0 aliphatic rings. The molecule has 0 bridgehead atoms. The summed E-state index contributed by atoms with van der Waals surface area (Å²) in [7, 11) is 3.90. The van der Waals surface area contributed by atoms with Gasteiger partial charge in [0.25, 0.3) is 0 Å². The Bertz CT molecular complexity index is 288. The van der Waals surface area contributed by atoms with Crippen LogP contribution in [0.5, 0.6) is 0 Å². The first-order valence-corrected chi connectivity index (χ1v) is 9.09. The van der Waals surface area contributed by atoms with Gasteiger partial charge in [-0.25, -0.2) is 0 Å². The van der Waals surface area contributed by atoms with Gasteiger partial charge in [-0.3, -0.25) is 4.99 Å². The second-order valence-corrected chi connectivity index (χ2v) is 5.72. The molecule has 0 spiro atoms. The molecule has 0 aromatic carbocycles. The molecule has 0 amide bonds. The molecule has 2 N–H and O–H groups in total. The fourth-order valence-electron chi connectivity index (χ4n) is 2.32. The predicted molar refractivity (Wildman–Crippen MR) is 116 cm³/mol. The van der Waals surface area contributed by atoms with E-state index in [-0.39, 0.29) is 24.0 Å². The van der Waals surface area contributed by atoms with E-state index in [2.05, 4.69) is 53.2 Å².